The van der Waals surface area contributed by atoms with Gasteiger partial charge >= 0.3 is 0 Å². The molecule has 0 saturated heterocycles. The van der Waals surface area contributed by atoms with Crippen molar-refractivity contribution in [2.45, 2.75) is 0 Å². The minimum Gasteiger partial charge on any atom is -0.293 e. The van der Waals surface area contributed by atoms with Gasteiger partial charge in [0.25, 0.3) is 0 Å². The van der Waals surface area contributed by atoms with E-state index in [-0.39, 0.29) is 0 Å². The second kappa shape index (κ2) is 3.16. The Morgan fingerprint density at radius 3 is 2.69 bits per heavy atom. The molecule has 0 aliphatic heterocycles. The van der Waals surface area contributed by atoms with Crippen LogP contribution >= 0.6 is 0 Å². The number of para-hydroxylation sites is 1. The molecule has 0 bridgehead atoms. The normalized spacial score (nSPS) is 9.46. The highest BCUT2D eigenvalue weighted by molar-refractivity contribution is 5.36. The molecule has 0 saturated carbocycles. The van der Waals surface area contributed by atoms with E-state index in [0.29, 0.717) is 5.82 Å². The molecule has 0 unspecified atom stereocenters. The fourth-order valence-electron chi connectivity index (χ4n) is 1.21. The lowest BCUT2D eigenvalue weighted by Gasteiger charge is -2.02. The monoisotopic (exact) mass is 168 g/mol. The maximum Gasteiger partial charge on any atom is 0.189 e. The van der Waals surface area contributed by atoms with E-state index in [9.17, 15) is 0 Å². The number of benzene rings is 1. The van der Waals surface area contributed by atoms with Crippen molar-refractivity contribution in [2.75, 3.05) is 0 Å². The molecular formula is C11H8N2. The quantitative estimate of drug-likeness (QED) is 0.594. The summed E-state index contributed by atoms with van der Waals surface area (Å²) in [7, 11) is 0. The van der Waals surface area contributed by atoms with Crippen molar-refractivity contribution in [3.05, 3.63) is 48.5 Å². The number of hydrogen-bond acceptors (Lipinski definition) is 1. The minimum absolute atomic E-state index is 0.631. The largest absolute Gasteiger partial charge is 0.293 e. The number of nitrogens with zero attached hydrogens (tertiary/aromatic N) is 2. The van der Waals surface area contributed by atoms with Crippen LogP contribution in [-0.2, 0) is 0 Å². The number of terminal acetylenes is 1. The van der Waals surface area contributed by atoms with Crippen LogP contribution in [0.25, 0.3) is 5.69 Å². The van der Waals surface area contributed by atoms with E-state index in [2.05, 4.69) is 10.9 Å². The fraction of sp³-hybridized carbons (Fsp3) is 0. The molecule has 0 aliphatic rings. The van der Waals surface area contributed by atoms with E-state index in [0.717, 1.165) is 5.69 Å². The SMILES string of the molecule is C#Cc1nccn1-c1ccccc1. The van der Waals surface area contributed by atoms with Crippen LogP contribution in [0.5, 0.6) is 0 Å². The second-order valence-electron chi connectivity index (χ2n) is 2.60. The molecule has 0 fully saturated rings. The summed E-state index contributed by atoms with van der Waals surface area (Å²) in [6, 6.07) is 9.88. The third-order valence-corrected chi connectivity index (χ3v) is 1.80. The summed E-state index contributed by atoms with van der Waals surface area (Å²) in [4.78, 5) is 4.04. The van der Waals surface area contributed by atoms with Crippen molar-refractivity contribution in [2.24, 2.45) is 0 Å². The Labute approximate surface area is 76.9 Å². The van der Waals surface area contributed by atoms with Crippen LogP contribution in [-0.4, -0.2) is 9.55 Å². The summed E-state index contributed by atoms with van der Waals surface area (Å²) in [5.41, 5.74) is 1.04. The average molecular weight is 168 g/mol. The van der Waals surface area contributed by atoms with E-state index >= 15 is 0 Å². The average Bonchev–Trinajstić information content (AvgIpc) is 2.67. The molecule has 0 N–H and O–H groups in total. The van der Waals surface area contributed by atoms with Gasteiger partial charge in [0, 0.05) is 18.1 Å². The van der Waals surface area contributed by atoms with Gasteiger partial charge < -0.3 is 0 Å². The molecule has 0 spiro atoms. The summed E-state index contributed by atoms with van der Waals surface area (Å²) >= 11 is 0. The van der Waals surface area contributed by atoms with Crippen LogP contribution in [0.15, 0.2) is 42.7 Å². The summed E-state index contributed by atoms with van der Waals surface area (Å²) in [5.74, 6) is 3.16. The van der Waals surface area contributed by atoms with Gasteiger partial charge in [-0.2, -0.15) is 0 Å². The van der Waals surface area contributed by atoms with Gasteiger partial charge in [-0.3, -0.25) is 4.57 Å². The minimum atomic E-state index is 0.631. The summed E-state index contributed by atoms with van der Waals surface area (Å²) < 4.78 is 1.88. The number of aromatic nitrogens is 2. The van der Waals surface area contributed by atoms with Crippen molar-refractivity contribution in [1.29, 1.82) is 0 Å². The number of hydrogen-bond donors (Lipinski definition) is 0. The topological polar surface area (TPSA) is 17.8 Å². The molecule has 1 aromatic heterocycles. The lowest BCUT2D eigenvalue weighted by molar-refractivity contribution is 1.03. The third-order valence-electron chi connectivity index (χ3n) is 1.80. The highest BCUT2D eigenvalue weighted by atomic mass is 15.1. The first kappa shape index (κ1) is 7.63. The van der Waals surface area contributed by atoms with Gasteiger partial charge in [0.2, 0.25) is 0 Å². The van der Waals surface area contributed by atoms with Crippen molar-refractivity contribution >= 4 is 0 Å². The van der Waals surface area contributed by atoms with Crippen LogP contribution in [0.1, 0.15) is 5.82 Å². The predicted octanol–water partition coefficient (Wildman–Crippen LogP) is 1.85. The zero-order valence-corrected chi connectivity index (χ0v) is 7.01. The Balaban J connectivity index is 2.54. The lowest BCUT2D eigenvalue weighted by Crippen LogP contribution is -1.95. The first-order chi connectivity index (χ1) is 6.42. The Morgan fingerprint density at radius 2 is 2.00 bits per heavy atom. The van der Waals surface area contributed by atoms with Crippen molar-refractivity contribution in [1.82, 2.24) is 9.55 Å². The highest BCUT2D eigenvalue weighted by Gasteiger charge is 1.99. The van der Waals surface area contributed by atoms with Crippen molar-refractivity contribution < 1.29 is 0 Å². The standard InChI is InChI=1S/C11H8N2/c1-2-11-12-8-9-13(11)10-6-4-3-5-7-10/h1,3-9H. The number of rotatable bonds is 1. The van der Waals surface area contributed by atoms with Crippen LogP contribution in [0, 0.1) is 12.3 Å². The first-order valence-electron chi connectivity index (χ1n) is 3.97. The molecule has 2 aromatic rings. The van der Waals surface area contributed by atoms with Gasteiger partial charge in [0.05, 0.1) is 0 Å². The van der Waals surface area contributed by atoms with Gasteiger partial charge in [-0.15, -0.1) is 6.42 Å². The fourth-order valence-corrected chi connectivity index (χ4v) is 1.21. The molecule has 13 heavy (non-hydrogen) atoms. The third kappa shape index (κ3) is 1.32. The van der Waals surface area contributed by atoms with Gasteiger partial charge in [0.15, 0.2) is 5.82 Å². The van der Waals surface area contributed by atoms with E-state index in [4.69, 9.17) is 6.42 Å². The van der Waals surface area contributed by atoms with E-state index in [1.54, 1.807) is 6.20 Å². The van der Waals surface area contributed by atoms with E-state index in [1.807, 2.05) is 41.1 Å². The second-order valence-corrected chi connectivity index (χ2v) is 2.60. The van der Waals surface area contributed by atoms with Crippen LogP contribution < -0.4 is 0 Å². The summed E-state index contributed by atoms with van der Waals surface area (Å²) in [5, 5.41) is 0. The molecule has 2 heteroatoms. The first-order valence-corrected chi connectivity index (χ1v) is 3.97. The maximum absolute atomic E-state index is 5.30. The molecule has 0 aliphatic carbocycles. The van der Waals surface area contributed by atoms with Gasteiger partial charge in [-0.05, 0) is 18.1 Å². The van der Waals surface area contributed by atoms with Crippen LogP contribution in [0.3, 0.4) is 0 Å². The van der Waals surface area contributed by atoms with E-state index < -0.39 is 0 Å². The molecule has 1 heterocycles. The lowest BCUT2D eigenvalue weighted by atomic mass is 10.3. The molecule has 2 rings (SSSR count). The smallest absolute Gasteiger partial charge is 0.189 e. The molecule has 0 radical (unpaired) electrons. The Kier molecular flexibility index (Phi) is 1.85. The van der Waals surface area contributed by atoms with Gasteiger partial charge in [-0.1, -0.05) is 18.2 Å². The highest BCUT2D eigenvalue weighted by Crippen LogP contribution is 2.08. The van der Waals surface area contributed by atoms with Gasteiger partial charge in [-0.25, -0.2) is 4.98 Å². The predicted molar refractivity (Wildman–Crippen MR) is 51.5 cm³/mol. The Hall–Kier alpha value is -2.01. The van der Waals surface area contributed by atoms with Crippen molar-refractivity contribution in [3.8, 4) is 18.0 Å². The Bertz CT molecular complexity index is 435. The van der Waals surface area contributed by atoms with Gasteiger partial charge in [0.1, 0.15) is 0 Å². The molecule has 0 amide bonds. The van der Waals surface area contributed by atoms with Crippen LogP contribution in [0.2, 0.25) is 0 Å². The molecular weight excluding hydrogens is 160 g/mol. The van der Waals surface area contributed by atoms with Crippen molar-refractivity contribution in [3.63, 3.8) is 0 Å². The maximum atomic E-state index is 5.30. The summed E-state index contributed by atoms with van der Waals surface area (Å²) in [6.45, 7) is 0. The van der Waals surface area contributed by atoms with E-state index in [1.165, 1.54) is 0 Å². The summed E-state index contributed by atoms with van der Waals surface area (Å²) in [6.07, 6.45) is 8.85. The molecule has 2 nitrogen and oxygen atoms in total. The molecule has 62 valence electrons. The molecule has 1 aromatic carbocycles. The Morgan fingerprint density at radius 1 is 1.23 bits per heavy atom. The number of imidazole rings is 1. The van der Waals surface area contributed by atoms with Crippen LogP contribution in [0.4, 0.5) is 0 Å². The zero-order chi connectivity index (χ0) is 9.10. The zero-order valence-electron chi connectivity index (χ0n) is 7.01. The molecule has 0 atom stereocenters.